The lowest BCUT2D eigenvalue weighted by Gasteiger charge is -2.12. The highest BCUT2D eigenvalue weighted by Gasteiger charge is 2.25. The number of nitrogens with one attached hydrogen (secondary N) is 1. The zero-order chi connectivity index (χ0) is 13.9. The monoisotopic (exact) mass is 284 g/mol. The van der Waals surface area contributed by atoms with Gasteiger partial charge in [-0.05, 0) is 43.4 Å². The van der Waals surface area contributed by atoms with Gasteiger partial charge in [0.15, 0.2) is 0 Å². The van der Waals surface area contributed by atoms with Crippen LogP contribution in [0.3, 0.4) is 0 Å². The second kappa shape index (κ2) is 5.56. The van der Waals surface area contributed by atoms with Crippen LogP contribution >= 0.6 is 11.3 Å². The van der Waals surface area contributed by atoms with E-state index in [4.69, 9.17) is 6.42 Å². The van der Waals surface area contributed by atoms with Crippen LogP contribution in [0.5, 0.6) is 0 Å². The number of carbonyl (C=O) groups excluding carboxylic acids is 1. The molecule has 2 aromatic rings. The molecule has 0 saturated carbocycles. The Morgan fingerprint density at radius 1 is 1.35 bits per heavy atom. The summed E-state index contributed by atoms with van der Waals surface area (Å²) in [5.74, 6) is 2.41. The van der Waals surface area contributed by atoms with Crippen molar-refractivity contribution in [3.8, 4) is 17.3 Å². The Balaban J connectivity index is 2.07. The Labute approximate surface area is 122 Å². The van der Waals surface area contributed by atoms with Crippen molar-refractivity contribution < 1.29 is 4.79 Å². The summed E-state index contributed by atoms with van der Waals surface area (Å²) in [6.45, 7) is 0.272. The molecule has 0 aromatic carbocycles. The number of rotatable bonds is 3. The van der Waals surface area contributed by atoms with Crippen LogP contribution < -0.4 is 5.32 Å². The fraction of sp³-hybridized carbons (Fsp3) is 0.312. The van der Waals surface area contributed by atoms with E-state index >= 15 is 0 Å². The van der Waals surface area contributed by atoms with E-state index in [1.807, 2.05) is 29.1 Å². The van der Waals surface area contributed by atoms with Crippen LogP contribution in [-0.4, -0.2) is 17.0 Å². The normalized spacial score (nSPS) is 13.6. The molecule has 2 heterocycles. The number of hydrogen-bond acceptors (Lipinski definition) is 2. The lowest BCUT2D eigenvalue weighted by Crippen LogP contribution is -2.25. The van der Waals surface area contributed by atoms with Gasteiger partial charge in [-0.15, -0.1) is 17.8 Å². The number of aromatic nitrogens is 1. The van der Waals surface area contributed by atoms with E-state index in [-0.39, 0.29) is 12.5 Å². The molecular weight excluding hydrogens is 268 g/mol. The first-order chi connectivity index (χ1) is 9.81. The van der Waals surface area contributed by atoms with E-state index in [1.165, 1.54) is 16.9 Å². The van der Waals surface area contributed by atoms with Gasteiger partial charge in [-0.25, -0.2) is 0 Å². The Kier molecular flexibility index (Phi) is 3.62. The zero-order valence-electron chi connectivity index (χ0n) is 11.2. The van der Waals surface area contributed by atoms with Crippen molar-refractivity contribution >= 4 is 17.2 Å². The highest BCUT2D eigenvalue weighted by Crippen LogP contribution is 2.36. The molecule has 2 aromatic heterocycles. The third-order valence-electron chi connectivity index (χ3n) is 3.57. The molecule has 3 nitrogen and oxygen atoms in total. The van der Waals surface area contributed by atoms with Crippen LogP contribution in [0, 0.1) is 12.3 Å². The number of terminal acetylenes is 1. The van der Waals surface area contributed by atoms with Crippen LogP contribution in [-0.2, 0) is 12.8 Å². The lowest BCUT2D eigenvalue weighted by molar-refractivity contribution is 0.0958. The standard InChI is InChI=1S/C16H16N2OS/c1-2-9-17-15(19)14-12-7-3-4-8-13(12)20-16(14)18-10-5-6-11-18/h1,5-6,10-11H,3-4,7-9H2,(H,17,19). The Hall–Kier alpha value is -1.99. The van der Waals surface area contributed by atoms with Crippen molar-refractivity contribution in [3.05, 3.63) is 40.5 Å². The second-order valence-corrected chi connectivity index (χ2v) is 5.95. The molecule has 1 aliphatic carbocycles. The lowest BCUT2D eigenvalue weighted by atomic mass is 9.95. The van der Waals surface area contributed by atoms with E-state index in [0.29, 0.717) is 0 Å². The summed E-state index contributed by atoms with van der Waals surface area (Å²) in [5, 5.41) is 3.82. The van der Waals surface area contributed by atoms with Crippen molar-refractivity contribution in [3.63, 3.8) is 0 Å². The number of nitrogens with zero attached hydrogens (tertiary/aromatic N) is 1. The van der Waals surface area contributed by atoms with Gasteiger partial charge in [-0.3, -0.25) is 4.79 Å². The first-order valence-corrected chi connectivity index (χ1v) is 7.62. The third-order valence-corrected chi connectivity index (χ3v) is 4.87. The van der Waals surface area contributed by atoms with Gasteiger partial charge in [0.1, 0.15) is 5.00 Å². The Morgan fingerprint density at radius 3 is 2.85 bits per heavy atom. The van der Waals surface area contributed by atoms with Gasteiger partial charge in [0.25, 0.3) is 5.91 Å². The molecule has 20 heavy (non-hydrogen) atoms. The quantitative estimate of drug-likeness (QED) is 0.864. The third kappa shape index (κ3) is 2.25. The number of amides is 1. The minimum absolute atomic E-state index is 0.0500. The van der Waals surface area contributed by atoms with Crippen LogP contribution in [0.1, 0.15) is 33.6 Å². The smallest absolute Gasteiger partial charge is 0.255 e. The minimum atomic E-state index is -0.0500. The number of hydrogen-bond donors (Lipinski definition) is 1. The number of fused-ring (bicyclic) bond motifs is 1. The van der Waals surface area contributed by atoms with Gasteiger partial charge < -0.3 is 9.88 Å². The molecule has 0 spiro atoms. The SMILES string of the molecule is C#CCNC(=O)c1c(-n2cccc2)sc2c1CCCC2. The average Bonchev–Trinajstić information content (AvgIpc) is 3.11. The molecule has 0 saturated heterocycles. The van der Waals surface area contributed by atoms with Gasteiger partial charge in [-0.2, -0.15) is 0 Å². The Morgan fingerprint density at radius 2 is 2.10 bits per heavy atom. The average molecular weight is 284 g/mol. The summed E-state index contributed by atoms with van der Waals surface area (Å²) in [6, 6.07) is 3.95. The van der Waals surface area contributed by atoms with Gasteiger partial charge in [0, 0.05) is 17.3 Å². The fourth-order valence-electron chi connectivity index (χ4n) is 2.66. The van der Waals surface area contributed by atoms with Crippen molar-refractivity contribution in [2.45, 2.75) is 25.7 Å². The maximum atomic E-state index is 12.4. The first-order valence-electron chi connectivity index (χ1n) is 6.81. The molecule has 3 rings (SSSR count). The molecule has 1 amide bonds. The maximum Gasteiger partial charge on any atom is 0.255 e. The molecule has 1 N–H and O–H groups in total. The summed E-state index contributed by atoms with van der Waals surface area (Å²) in [6.07, 6.45) is 13.6. The Bertz CT molecular complexity index is 661. The number of carbonyl (C=O) groups is 1. The highest BCUT2D eigenvalue weighted by molar-refractivity contribution is 7.15. The van der Waals surface area contributed by atoms with Gasteiger partial charge in [0.2, 0.25) is 0 Å². The molecule has 0 bridgehead atoms. The fourth-order valence-corrected chi connectivity index (χ4v) is 4.01. The van der Waals surface area contributed by atoms with E-state index in [0.717, 1.165) is 29.8 Å². The van der Waals surface area contributed by atoms with Crippen molar-refractivity contribution in [1.82, 2.24) is 9.88 Å². The zero-order valence-corrected chi connectivity index (χ0v) is 12.0. The van der Waals surface area contributed by atoms with Crippen LogP contribution in [0.25, 0.3) is 5.00 Å². The molecule has 1 aliphatic rings. The van der Waals surface area contributed by atoms with E-state index < -0.39 is 0 Å². The first kappa shape index (κ1) is 13.0. The summed E-state index contributed by atoms with van der Waals surface area (Å²) in [4.78, 5) is 13.8. The van der Waals surface area contributed by atoms with Crippen molar-refractivity contribution in [2.24, 2.45) is 0 Å². The van der Waals surface area contributed by atoms with Crippen LogP contribution in [0.4, 0.5) is 0 Å². The summed E-state index contributed by atoms with van der Waals surface area (Å²) < 4.78 is 2.02. The van der Waals surface area contributed by atoms with E-state index in [9.17, 15) is 4.79 Å². The second-order valence-electron chi connectivity index (χ2n) is 4.87. The summed E-state index contributed by atoms with van der Waals surface area (Å²) >= 11 is 1.73. The molecule has 0 aliphatic heterocycles. The summed E-state index contributed by atoms with van der Waals surface area (Å²) in [5.41, 5.74) is 2.04. The molecule has 102 valence electrons. The van der Waals surface area contributed by atoms with E-state index in [1.54, 1.807) is 11.3 Å². The van der Waals surface area contributed by atoms with Crippen LogP contribution in [0.15, 0.2) is 24.5 Å². The molecule has 0 unspecified atom stereocenters. The van der Waals surface area contributed by atoms with Gasteiger partial charge >= 0.3 is 0 Å². The predicted octanol–water partition coefficient (Wildman–Crippen LogP) is 2.78. The van der Waals surface area contributed by atoms with E-state index in [2.05, 4.69) is 11.2 Å². The molecule has 0 radical (unpaired) electrons. The summed E-state index contributed by atoms with van der Waals surface area (Å²) in [7, 11) is 0. The van der Waals surface area contributed by atoms with Gasteiger partial charge in [-0.1, -0.05) is 5.92 Å². The largest absolute Gasteiger partial charge is 0.341 e. The topological polar surface area (TPSA) is 34.0 Å². The molecule has 0 fully saturated rings. The molecular formula is C16H16N2OS. The highest BCUT2D eigenvalue weighted by atomic mass is 32.1. The van der Waals surface area contributed by atoms with Crippen molar-refractivity contribution in [1.29, 1.82) is 0 Å². The molecule has 0 atom stereocenters. The predicted molar refractivity (Wildman–Crippen MR) is 81.5 cm³/mol. The van der Waals surface area contributed by atoms with Gasteiger partial charge in [0.05, 0.1) is 12.1 Å². The maximum absolute atomic E-state index is 12.4. The minimum Gasteiger partial charge on any atom is -0.341 e. The number of thiophene rings is 1. The van der Waals surface area contributed by atoms with Crippen LogP contribution in [0.2, 0.25) is 0 Å². The molecule has 4 heteroatoms. The van der Waals surface area contributed by atoms with Crippen molar-refractivity contribution in [2.75, 3.05) is 6.54 Å². The number of aryl methyl sites for hydroxylation is 1.